The molecule has 2 aliphatic heterocycles. The van der Waals surface area contributed by atoms with Gasteiger partial charge >= 0.3 is 12.1 Å². The molecule has 0 bridgehead atoms. The minimum Gasteiger partial charge on any atom is -0.493 e. The number of benzene rings is 3. The highest BCUT2D eigenvalue weighted by molar-refractivity contribution is 7.81. The van der Waals surface area contributed by atoms with Gasteiger partial charge in [0.2, 0.25) is 17.6 Å². The number of carboxylic acid groups (broad SMARTS) is 1. The molecule has 0 spiro atoms. The van der Waals surface area contributed by atoms with Crippen molar-refractivity contribution in [2.75, 3.05) is 59.4 Å². The molecule has 3 N–H and O–H groups in total. The van der Waals surface area contributed by atoms with Crippen molar-refractivity contribution in [1.82, 2.24) is 20.0 Å². The van der Waals surface area contributed by atoms with Gasteiger partial charge in [0.25, 0.3) is 11.8 Å². The molecule has 3 aromatic rings. The Balaban J connectivity index is 1.14. The van der Waals surface area contributed by atoms with Crippen LogP contribution in [0.25, 0.3) is 0 Å². The molecule has 68 heavy (non-hydrogen) atoms. The number of nitrogens with one attached hydrogen (secondary N) is 2. The normalized spacial score (nSPS) is 17.4. The number of anilines is 1. The lowest BCUT2D eigenvalue weighted by atomic mass is 9.84. The number of aryl methyl sites for hydroxylation is 1. The van der Waals surface area contributed by atoms with E-state index in [4.69, 9.17) is 18.9 Å². The molecule has 368 valence electrons. The van der Waals surface area contributed by atoms with Crippen molar-refractivity contribution < 1.29 is 57.6 Å². The zero-order valence-corrected chi connectivity index (χ0v) is 40.7. The maximum absolute atomic E-state index is 14.0. The number of piperidine rings is 1. The third-order valence-corrected chi connectivity index (χ3v) is 12.9. The van der Waals surface area contributed by atoms with Crippen LogP contribution >= 0.6 is 12.6 Å². The lowest BCUT2D eigenvalue weighted by Crippen LogP contribution is -2.53. The summed E-state index contributed by atoms with van der Waals surface area (Å²) in [6.07, 6.45) is 1.98. The van der Waals surface area contributed by atoms with E-state index >= 15 is 0 Å². The first kappa shape index (κ1) is 52.7. The number of nitrogens with zero attached hydrogens (tertiary/aromatic N) is 3. The predicted molar refractivity (Wildman–Crippen MR) is 257 cm³/mol. The molecule has 5 amide bonds. The number of hydrogen-bond donors (Lipinski definition) is 4. The van der Waals surface area contributed by atoms with E-state index in [0.717, 1.165) is 10.5 Å². The van der Waals surface area contributed by atoms with E-state index < -0.39 is 53.3 Å². The third-order valence-electron chi connectivity index (χ3n) is 12.5. The highest BCUT2D eigenvalue weighted by Crippen LogP contribution is 2.33. The van der Waals surface area contributed by atoms with Gasteiger partial charge in [0, 0.05) is 55.0 Å². The van der Waals surface area contributed by atoms with Crippen LogP contribution in [0.1, 0.15) is 99.7 Å². The summed E-state index contributed by atoms with van der Waals surface area (Å²) in [6, 6.07) is 17.3. The van der Waals surface area contributed by atoms with E-state index in [2.05, 4.69) is 23.3 Å². The van der Waals surface area contributed by atoms with Gasteiger partial charge in [-0.3, -0.25) is 28.9 Å². The van der Waals surface area contributed by atoms with E-state index in [0.29, 0.717) is 79.0 Å². The van der Waals surface area contributed by atoms with Crippen LogP contribution in [0.15, 0.2) is 66.7 Å². The Morgan fingerprint density at radius 2 is 1.68 bits per heavy atom. The summed E-state index contributed by atoms with van der Waals surface area (Å²) >= 11 is 4.34. The molecule has 2 saturated heterocycles. The number of ketones is 1. The van der Waals surface area contributed by atoms with E-state index in [1.54, 1.807) is 71.5 Å². The summed E-state index contributed by atoms with van der Waals surface area (Å²) in [7, 11) is 4.74. The van der Waals surface area contributed by atoms with Crippen molar-refractivity contribution in [3.63, 3.8) is 0 Å². The van der Waals surface area contributed by atoms with Crippen LogP contribution in [0.3, 0.4) is 0 Å². The van der Waals surface area contributed by atoms with Gasteiger partial charge < -0.3 is 44.5 Å². The second-order valence-corrected chi connectivity index (χ2v) is 18.5. The van der Waals surface area contributed by atoms with Gasteiger partial charge in [0.1, 0.15) is 30.5 Å². The first-order valence-electron chi connectivity index (χ1n) is 23.1. The molecule has 0 radical (unpaired) electrons. The summed E-state index contributed by atoms with van der Waals surface area (Å²) in [4.78, 5) is 95.2. The summed E-state index contributed by atoms with van der Waals surface area (Å²) in [5.41, 5.74) is 1.39. The van der Waals surface area contributed by atoms with Crippen LogP contribution in [0.5, 0.6) is 17.2 Å². The fourth-order valence-corrected chi connectivity index (χ4v) is 8.50. The van der Waals surface area contributed by atoms with Crippen LogP contribution in [0.4, 0.5) is 10.5 Å². The van der Waals surface area contributed by atoms with Crippen molar-refractivity contribution in [3.05, 3.63) is 83.4 Å². The average Bonchev–Trinajstić information content (AvgIpc) is 3.75. The Labute approximate surface area is 403 Å². The number of esters is 1. The lowest BCUT2D eigenvalue weighted by molar-refractivity contribution is -0.164. The summed E-state index contributed by atoms with van der Waals surface area (Å²) < 4.78 is 23.2. The van der Waals surface area contributed by atoms with Crippen molar-refractivity contribution >= 4 is 59.8 Å². The Morgan fingerprint density at radius 3 is 2.40 bits per heavy atom. The number of carbonyl (C=O) groups is 7. The van der Waals surface area contributed by atoms with Crippen molar-refractivity contribution in [2.45, 2.75) is 102 Å². The third kappa shape index (κ3) is 14.1. The number of amides is 5. The first-order chi connectivity index (χ1) is 32.5. The number of likely N-dealkylation sites (tertiary alicyclic amines) is 2. The Hall–Kier alpha value is -6.30. The molecule has 4 atom stereocenters. The molecule has 17 nitrogen and oxygen atoms in total. The summed E-state index contributed by atoms with van der Waals surface area (Å²) in [5, 5.41) is 14.8. The number of rotatable bonds is 22. The average molecular weight is 960 g/mol. The number of carbonyl (C=O) groups excluding carboxylic acids is 6. The summed E-state index contributed by atoms with van der Waals surface area (Å²) in [6.45, 7) is 6.37. The SMILES string of the molecule is CCC(C)(C)C(=O)C(=O)N1CCCC[C@H]1C(=O)O[C@H](CCc1ccc(OC)c(OC)c1)c1cccc(OCCNC(=O)CCCN(C)C(=O)c2cccc(NC(=O)[C@@H]3C[C@H](S)CN3C(=O)O)c2)c1. The topological polar surface area (TPSA) is 210 Å². The van der Waals surface area contributed by atoms with Gasteiger partial charge in [-0.25, -0.2) is 9.59 Å². The lowest BCUT2D eigenvalue weighted by Gasteiger charge is -2.36. The highest BCUT2D eigenvalue weighted by Gasteiger charge is 2.42. The van der Waals surface area contributed by atoms with Gasteiger partial charge in [-0.15, -0.1) is 0 Å². The van der Waals surface area contributed by atoms with Crippen LogP contribution < -0.4 is 24.8 Å². The minimum absolute atomic E-state index is 0.141. The Bertz CT molecular complexity index is 2290. The zero-order chi connectivity index (χ0) is 49.5. The fourth-order valence-electron chi connectivity index (χ4n) is 8.13. The molecule has 18 heteroatoms. The fraction of sp³-hybridized carbons (Fsp3) is 0.500. The van der Waals surface area contributed by atoms with Gasteiger partial charge in [-0.2, -0.15) is 12.6 Å². The van der Waals surface area contributed by atoms with Gasteiger partial charge in [0.05, 0.1) is 20.8 Å². The second-order valence-electron chi connectivity index (χ2n) is 17.7. The van der Waals surface area contributed by atoms with Gasteiger partial charge in [0.15, 0.2) is 11.5 Å². The number of thiol groups is 1. The quantitative estimate of drug-likeness (QED) is 0.0376. The first-order valence-corrected chi connectivity index (χ1v) is 23.6. The molecule has 2 fully saturated rings. The van der Waals surface area contributed by atoms with Crippen LogP contribution in [0, 0.1) is 5.41 Å². The van der Waals surface area contributed by atoms with Gasteiger partial charge in [-0.1, -0.05) is 45.0 Å². The van der Waals surface area contributed by atoms with Crippen LogP contribution in [-0.4, -0.2) is 133 Å². The highest BCUT2D eigenvalue weighted by atomic mass is 32.1. The molecular weight excluding hydrogens is 895 g/mol. The molecule has 0 saturated carbocycles. The number of methoxy groups -OCH3 is 2. The maximum Gasteiger partial charge on any atom is 0.408 e. The Kier molecular flexibility index (Phi) is 19.1. The van der Waals surface area contributed by atoms with Crippen molar-refractivity contribution in [1.29, 1.82) is 0 Å². The summed E-state index contributed by atoms with van der Waals surface area (Å²) in [5.74, 6) is -1.18. The maximum atomic E-state index is 14.0. The Morgan fingerprint density at radius 1 is 0.926 bits per heavy atom. The molecule has 2 aliphatic rings. The van der Waals surface area contributed by atoms with E-state index in [1.165, 1.54) is 15.9 Å². The minimum atomic E-state index is -1.20. The molecule has 3 aromatic carbocycles. The zero-order valence-electron chi connectivity index (χ0n) is 39.8. The van der Waals surface area contributed by atoms with Crippen molar-refractivity contribution in [2.24, 2.45) is 5.41 Å². The molecule has 0 aromatic heterocycles. The number of Topliss-reactive ketones (excluding diaryl/α,β-unsaturated/α-hetero) is 1. The smallest absolute Gasteiger partial charge is 0.408 e. The van der Waals surface area contributed by atoms with Gasteiger partial charge in [-0.05, 0) is 105 Å². The van der Waals surface area contributed by atoms with Crippen LogP contribution in [-0.2, 0) is 35.1 Å². The standard InChI is InChI=1S/C50H65N5O12S/c1-7-50(2,3)44(57)47(60)54-25-9-8-17-38(54)48(61)67-40(21-19-32-20-22-41(64-5)42(27-32)65-6)33-13-11-16-36(29-33)66-26-23-51-43(56)18-12-24-53(4)46(59)34-14-10-15-35(28-34)52-45(58)39-30-37(68)31-55(39)49(62)63/h10-11,13-16,20,22,27-29,37-40,68H,7-9,12,17-19,21,23-26,30-31H2,1-6H3,(H,51,56)(H,52,58)(H,62,63)/t37-,38-,39-,40+/m0/s1. The number of ether oxygens (including phenoxy) is 4. The molecule has 2 heterocycles. The predicted octanol–water partition coefficient (Wildman–Crippen LogP) is 6.34. The second kappa shape index (κ2) is 24.6. The monoisotopic (exact) mass is 959 g/mol. The van der Waals surface area contributed by atoms with Crippen LogP contribution in [0.2, 0.25) is 0 Å². The van der Waals surface area contributed by atoms with E-state index in [-0.39, 0.29) is 62.7 Å². The molecular formula is C50H65N5O12S. The van der Waals surface area contributed by atoms with Crippen molar-refractivity contribution in [3.8, 4) is 17.2 Å². The largest absolute Gasteiger partial charge is 0.493 e. The van der Waals surface area contributed by atoms with E-state index in [1.807, 2.05) is 31.2 Å². The number of hydrogen-bond acceptors (Lipinski definition) is 12. The molecule has 0 unspecified atom stereocenters. The molecule has 5 rings (SSSR count). The van der Waals surface area contributed by atoms with E-state index in [9.17, 15) is 38.7 Å². The molecule has 0 aliphatic carbocycles.